The Morgan fingerprint density at radius 2 is 1.96 bits per heavy atom. The van der Waals surface area contributed by atoms with Crippen molar-refractivity contribution in [1.82, 2.24) is 25.2 Å². The number of nitrogens with one attached hydrogen (secondary N) is 1. The Bertz CT molecular complexity index is 2520. The summed E-state index contributed by atoms with van der Waals surface area (Å²) in [6.45, 7) is 4.80. The molecule has 15 heteroatoms. The van der Waals surface area contributed by atoms with Crippen LogP contribution in [0.5, 0.6) is 6.01 Å². The van der Waals surface area contributed by atoms with Crippen LogP contribution in [0.3, 0.4) is 0 Å². The van der Waals surface area contributed by atoms with Gasteiger partial charge < -0.3 is 34.4 Å². The van der Waals surface area contributed by atoms with Crippen molar-refractivity contribution in [3.63, 3.8) is 0 Å². The highest BCUT2D eigenvalue weighted by molar-refractivity contribution is 6.04. The number of ether oxygens (including phenoxy) is 1. The summed E-state index contributed by atoms with van der Waals surface area (Å²) in [6.07, 6.45) is 6.71. The van der Waals surface area contributed by atoms with Gasteiger partial charge in [0.25, 0.3) is 0 Å². The van der Waals surface area contributed by atoms with Gasteiger partial charge in [-0.3, -0.25) is 0 Å². The predicted octanol–water partition coefficient (Wildman–Crippen LogP) is 6.26. The predicted molar refractivity (Wildman–Crippen MR) is 206 cm³/mol. The summed E-state index contributed by atoms with van der Waals surface area (Å²) in [7, 11) is 1.89. The van der Waals surface area contributed by atoms with E-state index in [2.05, 4.69) is 16.1 Å². The second-order valence-corrected chi connectivity index (χ2v) is 16.6. The molecule has 3 saturated heterocycles. The van der Waals surface area contributed by atoms with Crippen LogP contribution in [-0.2, 0) is 12.8 Å². The highest BCUT2D eigenvalue weighted by Crippen LogP contribution is 2.45. The van der Waals surface area contributed by atoms with Crippen molar-refractivity contribution in [2.75, 3.05) is 43.9 Å². The lowest BCUT2D eigenvalue weighted by Crippen LogP contribution is -2.59. The number of halogens is 4. The molecule has 0 spiro atoms. The average Bonchev–Trinajstić information content (AvgIpc) is 3.71. The number of piperazine rings is 1. The van der Waals surface area contributed by atoms with Gasteiger partial charge in [0, 0.05) is 65.6 Å². The van der Waals surface area contributed by atoms with Crippen LogP contribution in [-0.4, -0.2) is 77.7 Å². The number of hydrogen-bond donors (Lipinski definition) is 2. The number of rotatable bonds is 7. The number of benzene rings is 2. The molecule has 57 heavy (non-hydrogen) atoms. The SMILES string of the molecule is C#Cc1c(F)ccc2cc(N)cc(-c3nc4c5c(nc(OC[C@]6(C)CN(C)CC[C@@H]6C(F)F)nc5c3F)N3C[C@H]5CC[C@H](N5)[C@H]3CC(Cc3oc(=O)oc3C)C4)c12. The zero-order valence-electron chi connectivity index (χ0n) is 31.9. The first kappa shape index (κ1) is 37.4. The van der Waals surface area contributed by atoms with Gasteiger partial charge in [0.05, 0.1) is 23.3 Å². The number of nitrogens with zero attached hydrogens (tertiary/aromatic N) is 5. The lowest BCUT2D eigenvalue weighted by atomic mass is 9.73. The molecule has 2 aromatic carbocycles. The Labute approximate surface area is 326 Å². The second kappa shape index (κ2) is 14.0. The number of aryl methyl sites for hydroxylation is 1. The van der Waals surface area contributed by atoms with Crippen LogP contribution in [0, 0.1) is 48.2 Å². The van der Waals surface area contributed by atoms with Crippen LogP contribution in [0.2, 0.25) is 0 Å². The summed E-state index contributed by atoms with van der Waals surface area (Å²) in [5.41, 5.74) is 6.05. The quantitative estimate of drug-likeness (QED) is 0.110. The van der Waals surface area contributed by atoms with E-state index in [1.165, 1.54) is 18.2 Å². The van der Waals surface area contributed by atoms with E-state index in [1.807, 2.05) is 11.9 Å². The minimum absolute atomic E-state index is 0.0689. The molecule has 1 unspecified atom stereocenters. The molecule has 7 heterocycles. The molecule has 3 N–H and O–H groups in total. The molecule has 11 nitrogen and oxygen atoms in total. The standard InChI is InChI=1S/C42H43F4N7O4/c1-5-25-28(43)8-6-22-15-23(47)16-26(33(22)25)36-35(44)37-34-30(49-36)12-21(14-32-20(2)56-41(54)57-32)13-31-29-9-7-24(48-29)17-53(31)39(34)51-40(50-37)55-19-42(3)18-52(4)11-10-27(42)38(45)46/h1,6,8,15-16,21,24,27,29,31,38,48H,7,9-14,17-19,47H2,2-4H3/t21?,24-,27-,29+,31-,42+/m1/s1. The molecule has 5 aromatic rings. The highest BCUT2D eigenvalue weighted by atomic mass is 19.3. The smallest absolute Gasteiger partial charge is 0.463 e. The summed E-state index contributed by atoms with van der Waals surface area (Å²) in [4.78, 5) is 31.0. The van der Waals surface area contributed by atoms with Crippen LogP contribution in [0.15, 0.2) is 37.9 Å². The van der Waals surface area contributed by atoms with Crippen LogP contribution >= 0.6 is 0 Å². The molecule has 0 aliphatic carbocycles. The summed E-state index contributed by atoms with van der Waals surface area (Å²) < 4.78 is 78.8. The van der Waals surface area contributed by atoms with Crippen LogP contribution in [0.1, 0.15) is 55.4 Å². The van der Waals surface area contributed by atoms with Crippen molar-refractivity contribution < 1.29 is 31.1 Å². The number of fused-ring (bicyclic) bond motifs is 6. The van der Waals surface area contributed by atoms with Gasteiger partial charge in [-0.1, -0.05) is 18.9 Å². The maximum absolute atomic E-state index is 17.7. The van der Waals surface area contributed by atoms with Gasteiger partial charge in [-0.15, -0.1) is 6.42 Å². The average molecular weight is 786 g/mol. The Balaban J connectivity index is 1.27. The zero-order valence-corrected chi connectivity index (χ0v) is 31.9. The molecule has 298 valence electrons. The molecule has 9 rings (SSSR count). The molecule has 6 atom stereocenters. The Morgan fingerprint density at radius 1 is 1.14 bits per heavy atom. The normalized spacial score (nSPS) is 26.1. The van der Waals surface area contributed by atoms with E-state index in [-0.39, 0.29) is 70.1 Å². The number of piperidine rings is 1. The van der Waals surface area contributed by atoms with Crippen molar-refractivity contribution in [2.24, 2.45) is 17.3 Å². The number of aromatic nitrogens is 3. The van der Waals surface area contributed by atoms with E-state index in [9.17, 15) is 13.6 Å². The van der Waals surface area contributed by atoms with Crippen molar-refractivity contribution in [2.45, 2.75) is 76.9 Å². The van der Waals surface area contributed by atoms with E-state index in [1.54, 1.807) is 19.9 Å². The van der Waals surface area contributed by atoms with Gasteiger partial charge >= 0.3 is 11.8 Å². The molecule has 4 aliphatic rings. The minimum Gasteiger partial charge on any atom is -0.463 e. The molecule has 3 fully saturated rings. The van der Waals surface area contributed by atoms with E-state index >= 15 is 8.78 Å². The van der Waals surface area contributed by atoms with Crippen molar-refractivity contribution in [3.8, 4) is 29.6 Å². The molecule has 0 radical (unpaired) electrons. The van der Waals surface area contributed by atoms with Crippen molar-refractivity contribution >= 4 is 33.2 Å². The third-order valence-corrected chi connectivity index (χ3v) is 12.7. The van der Waals surface area contributed by atoms with Gasteiger partial charge in [0.15, 0.2) is 5.82 Å². The third-order valence-electron chi connectivity index (χ3n) is 12.7. The molecule has 4 aliphatic heterocycles. The molecular formula is C42H43F4N7O4. The summed E-state index contributed by atoms with van der Waals surface area (Å²) >= 11 is 0. The Hall–Kier alpha value is -5.20. The minimum atomic E-state index is -2.55. The number of alkyl halides is 2. The third kappa shape index (κ3) is 6.46. The molecule has 0 amide bonds. The first-order chi connectivity index (χ1) is 27.3. The fourth-order valence-corrected chi connectivity index (χ4v) is 10.0. The second-order valence-electron chi connectivity index (χ2n) is 16.6. The van der Waals surface area contributed by atoms with Crippen molar-refractivity contribution in [3.05, 3.63) is 69.3 Å². The summed E-state index contributed by atoms with van der Waals surface area (Å²) in [5.74, 6) is 0.316. The largest absolute Gasteiger partial charge is 0.519 e. The first-order valence-electron chi connectivity index (χ1n) is 19.4. The van der Waals surface area contributed by atoms with Gasteiger partial charge in [-0.25, -0.2) is 27.3 Å². The van der Waals surface area contributed by atoms with Gasteiger partial charge in [-0.05, 0) is 82.1 Å². The summed E-state index contributed by atoms with van der Waals surface area (Å²) in [5, 5.41) is 4.89. The lowest BCUT2D eigenvalue weighted by molar-refractivity contribution is -0.0679. The fourth-order valence-electron chi connectivity index (χ4n) is 10.0. The highest BCUT2D eigenvalue weighted by Gasteiger charge is 2.46. The molecule has 3 aromatic heterocycles. The Kier molecular flexibility index (Phi) is 9.19. The maximum atomic E-state index is 17.7. The number of terminal acetylenes is 1. The topological polar surface area (TPSA) is 136 Å². The van der Waals surface area contributed by atoms with Gasteiger partial charge in [0.2, 0.25) is 6.43 Å². The van der Waals surface area contributed by atoms with E-state index in [4.69, 9.17) is 40.7 Å². The maximum Gasteiger partial charge on any atom is 0.519 e. The van der Waals surface area contributed by atoms with Crippen molar-refractivity contribution in [1.29, 1.82) is 0 Å². The zero-order chi connectivity index (χ0) is 39.9. The van der Waals surface area contributed by atoms with E-state index in [0.29, 0.717) is 79.1 Å². The van der Waals surface area contributed by atoms with Gasteiger partial charge in [-0.2, -0.15) is 9.97 Å². The first-order valence-corrected chi connectivity index (χ1v) is 19.4. The number of likely N-dealkylation sites (tertiary alicyclic amines) is 1. The lowest BCUT2D eigenvalue weighted by Gasteiger charge is -2.45. The monoisotopic (exact) mass is 785 g/mol. The number of anilines is 2. The molecule has 2 bridgehead atoms. The number of hydrogen-bond acceptors (Lipinski definition) is 11. The van der Waals surface area contributed by atoms with Crippen LogP contribution in [0.4, 0.5) is 29.1 Å². The fraction of sp³-hybridized carbons (Fsp3) is 0.476. The molecular weight excluding hydrogens is 742 g/mol. The van der Waals surface area contributed by atoms with E-state index < -0.39 is 35.2 Å². The van der Waals surface area contributed by atoms with E-state index in [0.717, 1.165) is 12.8 Å². The number of pyridine rings is 1. The van der Waals surface area contributed by atoms with Crippen LogP contribution in [0.25, 0.3) is 32.9 Å². The number of nitrogens with two attached hydrogens (primary N) is 1. The summed E-state index contributed by atoms with van der Waals surface area (Å²) in [6, 6.07) is 5.92. The molecule has 0 saturated carbocycles. The Morgan fingerprint density at radius 3 is 2.72 bits per heavy atom. The number of nitrogen functional groups attached to an aromatic ring is 1. The van der Waals surface area contributed by atoms with Crippen LogP contribution < -0.4 is 26.5 Å². The van der Waals surface area contributed by atoms with Gasteiger partial charge in [0.1, 0.15) is 34.4 Å².